The van der Waals surface area contributed by atoms with E-state index in [1.165, 1.54) is 6.26 Å². The molecule has 1 aromatic rings. The highest BCUT2D eigenvalue weighted by molar-refractivity contribution is 7.90. The smallest absolute Gasteiger partial charge is 0.212 e. The summed E-state index contributed by atoms with van der Waals surface area (Å²) in [5.41, 5.74) is 7.73. The Morgan fingerprint density at radius 2 is 1.81 bits per heavy atom. The standard InChI is InChI=1S/C15H19N3O2S/c1-11(5-4-6-12(2)18-15(16)17)13-7-9-14(10-8-13)21(3,19)20/h4-10H,1-3H3,(H3,16,17)/b6-4-,11-5+,18-12+. The van der Waals surface area contributed by atoms with Crippen molar-refractivity contribution in [1.82, 2.24) is 0 Å². The molecule has 0 bridgehead atoms. The van der Waals surface area contributed by atoms with Crippen LogP contribution in [-0.4, -0.2) is 26.3 Å². The van der Waals surface area contributed by atoms with Gasteiger partial charge in [-0.15, -0.1) is 0 Å². The summed E-state index contributed by atoms with van der Waals surface area (Å²) >= 11 is 0. The van der Waals surface area contributed by atoms with Gasteiger partial charge in [-0.25, -0.2) is 13.4 Å². The number of allylic oxidation sites excluding steroid dienone is 4. The van der Waals surface area contributed by atoms with Gasteiger partial charge in [-0.3, -0.25) is 5.41 Å². The molecule has 3 N–H and O–H groups in total. The van der Waals surface area contributed by atoms with Gasteiger partial charge in [0.05, 0.1) is 4.90 Å². The molecule has 21 heavy (non-hydrogen) atoms. The Morgan fingerprint density at radius 3 is 2.29 bits per heavy atom. The molecule has 112 valence electrons. The van der Waals surface area contributed by atoms with Crippen LogP contribution in [0.1, 0.15) is 19.4 Å². The van der Waals surface area contributed by atoms with E-state index in [0.717, 1.165) is 11.1 Å². The Labute approximate surface area is 125 Å². The van der Waals surface area contributed by atoms with Crippen molar-refractivity contribution < 1.29 is 8.42 Å². The zero-order chi connectivity index (χ0) is 16.0. The summed E-state index contributed by atoms with van der Waals surface area (Å²) in [5, 5.41) is 7.04. The first-order valence-corrected chi connectivity index (χ1v) is 8.14. The van der Waals surface area contributed by atoms with Crippen molar-refractivity contribution in [1.29, 1.82) is 5.41 Å². The van der Waals surface area contributed by atoms with E-state index in [4.69, 9.17) is 11.1 Å². The fraction of sp³-hybridized carbons (Fsp3) is 0.200. The Hall–Kier alpha value is -2.21. The van der Waals surface area contributed by atoms with Crippen LogP contribution >= 0.6 is 0 Å². The van der Waals surface area contributed by atoms with Crippen LogP contribution in [0.3, 0.4) is 0 Å². The number of sulfone groups is 1. The second kappa shape index (κ2) is 6.99. The summed E-state index contributed by atoms with van der Waals surface area (Å²) in [4.78, 5) is 4.09. The second-order valence-electron chi connectivity index (χ2n) is 4.64. The first-order chi connectivity index (χ1) is 9.70. The molecule has 0 saturated carbocycles. The third-order valence-corrected chi connectivity index (χ3v) is 3.85. The Kier molecular flexibility index (Phi) is 5.60. The summed E-state index contributed by atoms with van der Waals surface area (Å²) in [6.07, 6.45) is 6.62. The topological polar surface area (TPSA) is 96.4 Å². The van der Waals surface area contributed by atoms with Gasteiger partial charge in [0, 0.05) is 12.0 Å². The van der Waals surface area contributed by atoms with Crippen molar-refractivity contribution in [3.63, 3.8) is 0 Å². The molecule has 0 aliphatic rings. The third kappa shape index (κ3) is 5.74. The van der Waals surface area contributed by atoms with E-state index in [1.807, 2.05) is 19.1 Å². The van der Waals surface area contributed by atoms with Gasteiger partial charge in [-0.2, -0.15) is 0 Å². The van der Waals surface area contributed by atoms with E-state index in [9.17, 15) is 8.42 Å². The molecule has 1 rings (SSSR count). The fourth-order valence-electron chi connectivity index (χ4n) is 1.62. The molecule has 0 amide bonds. The molecule has 0 aliphatic carbocycles. The van der Waals surface area contributed by atoms with Gasteiger partial charge in [0.1, 0.15) is 0 Å². The fourth-order valence-corrected chi connectivity index (χ4v) is 2.25. The van der Waals surface area contributed by atoms with Gasteiger partial charge in [-0.05, 0) is 43.2 Å². The van der Waals surface area contributed by atoms with Crippen molar-refractivity contribution in [2.75, 3.05) is 6.26 Å². The third-order valence-electron chi connectivity index (χ3n) is 2.72. The normalized spacial score (nSPS) is 13.7. The van der Waals surface area contributed by atoms with Gasteiger partial charge >= 0.3 is 0 Å². The Bertz CT molecular complexity index is 712. The number of nitrogens with zero attached hydrogens (tertiary/aromatic N) is 1. The predicted molar refractivity (Wildman–Crippen MR) is 87.4 cm³/mol. The largest absolute Gasteiger partial charge is 0.368 e. The molecule has 0 fully saturated rings. The lowest BCUT2D eigenvalue weighted by atomic mass is 10.1. The van der Waals surface area contributed by atoms with E-state index >= 15 is 0 Å². The highest BCUT2D eigenvalue weighted by atomic mass is 32.2. The SMILES string of the molecule is C\C(=C/C=C\C(C)=N\C(=N)N)c1ccc(S(C)(=O)=O)cc1. The Balaban J connectivity index is 2.89. The van der Waals surface area contributed by atoms with Crippen LogP contribution < -0.4 is 5.73 Å². The van der Waals surface area contributed by atoms with E-state index in [0.29, 0.717) is 10.6 Å². The van der Waals surface area contributed by atoms with E-state index in [-0.39, 0.29) is 5.96 Å². The second-order valence-corrected chi connectivity index (χ2v) is 6.66. The minimum absolute atomic E-state index is 0.228. The highest BCUT2D eigenvalue weighted by Gasteiger charge is 2.06. The first kappa shape index (κ1) is 16.8. The summed E-state index contributed by atoms with van der Waals surface area (Å²) in [7, 11) is -3.17. The number of rotatable bonds is 4. The molecule has 0 heterocycles. The molecule has 0 unspecified atom stereocenters. The van der Waals surface area contributed by atoms with Gasteiger partial charge in [0.15, 0.2) is 9.84 Å². The average molecular weight is 305 g/mol. The number of nitrogens with one attached hydrogen (secondary N) is 1. The number of aliphatic imine (C=N–C) groups is 1. The molecule has 0 radical (unpaired) electrons. The van der Waals surface area contributed by atoms with Crippen LogP contribution in [0.25, 0.3) is 5.57 Å². The van der Waals surface area contributed by atoms with Crippen molar-refractivity contribution in [2.45, 2.75) is 18.7 Å². The van der Waals surface area contributed by atoms with Gasteiger partial charge in [-0.1, -0.05) is 24.3 Å². The van der Waals surface area contributed by atoms with Crippen molar-refractivity contribution in [3.05, 3.63) is 48.1 Å². The summed E-state index contributed by atoms with van der Waals surface area (Å²) in [5.74, 6) is -0.228. The van der Waals surface area contributed by atoms with Crippen LogP contribution in [-0.2, 0) is 9.84 Å². The number of guanidine groups is 1. The van der Waals surface area contributed by atoms with Crippen LogP contribution in [0.2, 0.25) is 0 Å². The highest BCUT2D eigenvalue weighted by Crippen LogP contribution is 2.17. The van der Waals surface area contributed by atoms with E-state index in [2.05, 4.69) is 4.99 Å². The van der Waals surface area contributed by atoms with Crippen LogP contribution in [0, 0.1) is 5.41 Å². The number of benzene rings is 1. The van der Waals surface area contributed by atoms with Crippen LogP contribution in [0.4, 0.5) is 0 Å². The number of nitrogens with two attached hydrogens (primary N) is 1. The van der Waals surface area contributed by atoms with Crippen molar-refractivity contribution in [2.24, 2.45) is 10.7 Å². The van der Waals surface area contributed by atoms with Gasteiger partial charge < -0.3 is 5.73 Å². The molecule has 5 nitrogen and oxygen atoms in total. The maximum Gasteiger partial charge on any atom is 0.212 e. The maximum atomic E-state index is 11.4. The lowest BCUT2D eigenvalue weighted by Gasteiger charge is -2.02. The van der Waals surface area contributed by atoms with E-state index in [1.54, 1.807) is 37.3 Å². The van der Waals surface area contributed by atoms with E-state index < -0.39 is 9.84 Å². The molecule has 0 atom stereocenters. The maximum absolute atomic E-state index is 11.4. The van der Waals surface area contributed by atoms with Crippen molar-refractivity contribution in [3.8, 4) is 0 Å². The lowest BCUT2D eigenvalue weighted by Crippen LogP contribution is -2.07. The molecular formula is C15H19N3O2S. The zero-order valence-corrected chi connectivity index (χ0v) is 13.1. The predicted octanol–water partition coefficient (Wildman–Crippen LogP) is 2.40. The molecular weight excluding hydrogens is 286 g/mol. The number of hydrogen-bond donors (Lipinski definition) is 2. The van der Waals surface area contributed by atoms with Crippen LogP contribution in [0.15, 0.2) is 52.4 Å². The molecule has 0 aliphatic heterocycles. The van der Waals surface area contributed by atoms with Gasteiger partial charge in [0.2, 0.25) is 5.96 Å². The molecule has 6 heteroatoms. The Morgan fingerprint density at radius 1 is 1.24 bits per heavy atom. The summed E-state index contributed by atoms with van der Waals surface area (Å²) in [6, 6.07) is 6.72. The molecule has 0 saturated heterocycles. The minimum Gasteiger partial charge on any atom is -0.368 e. The summed E-state index contributed by atoms with van der Waals surface area (Å²) < 4.78 is 22.8. The monoisotopic (exact) mass is 305 g/mol. The quantitative estimate of drug-likeness (QED) is 0.508. The molecule has 0 aromatic heterocycles. The first-order valence-electron chi connectivity index (χ1n) is 6.25. The molecule has 0 spiro atoms. The average Bonchev–Trinajstić information content (AvgIpc) is 2.36. The molecule has 1 aromatic carbocycles. The minimum atomic E-state index is -3.17. The van der Waals surface area contributed by atoms with Crippen molar-refractivity contribution >= 4 is 27.1 Å². The number of hydrogen-bond acceptors (Lipinski definition) is 3. The summed E-state index contributed by atoms with van der Waals surface area (Å²) in [6.45, 7) is 3.68. The van der Waals surface area contributed by atoms with Crippen LogP contribution in [0.5, 0.6) is 0 Å². The lowest BCUT2D eigenvalue weighted by molar-refractivity contribution is 0.602. The zero-order valence-electron chi connectivity index (χ0n) is 12.3. The van der Waals surface area contributed by atoms with Gasteiger partial charge in [0.25, 0.3) is 0 Å².